The maximum absolute atomic E-state index is 12.4. The molecule has 1 aromatic carbocycles. The van der Waals surface area contributed by atoms with Crippen molar-refractivity contribution in [3.8, 4) is 0 Å². The summed E-state index contributed by atoms with van der Waals surface area (Å²) in [6.45, 7) is 3.55. The lowest BCUT2D eigenvalue weighted by molar-refractivity contribution is -0.157. The van der Waals surface area contributed by atoms with Crippen molar-refractivity contribution < 1.29 is 23.9 Å². The third-order valence-electron chi connectivity index (χ3n) is 5.98. The number of aryl methyl sites for hydroxylation is 1. The van der Waals surface area contributed by atoms with Crippen molar-refractivity contribution in [1.82, 2.24) is 0 Å². The number of anilines is 1. The highest BCUT2D eigenvalue weighted by Gasteiger charge is 2.64. The molecule has 1 amide bonds. The minimum absolute atomic E-state index is 0.0147. The summed E-state index contributed by atoms with van der Waals surface area (Å²) in [4.78, 5) is 36.5. The van der Waals surface area contributed by atoms with Gasteiger partial charge in [-0.05, 0) is 49.8 Å². The number of hydrogen-bond donors (Lipinski definition) is 1. The molecule has 132 valence electrons. The zero-order valence-electron chi connectivity index (χ0n) is 14.3. The van der Waals surface area contributed by atoms with Crippen molar-refractivity contribution in [1.29, 1.82) is 0 Å². The van der Waals surface area contributed by atoms with Gasteiger partial charge in [-0.2, -0.15) is 0 Å². The van der Waals surface area contributed by atoms with Crippen molar-refractivity contribution in [2.24, 2.45) is 23.7 Å². The van der Waals surface area contributed by atoms with Gasteiger partial charge in [-0.25, -0.2) is 0 Å². The lowest BCUT2D eigenvalue weighted by atomic mass is 9.80. The Morgan fingerprint density at radius 1 is 1.28 bits per heavy atom. The number of hydrogen-bond acceptors (Lipinski definition) is 5. The first kappa shape index (κ1) is 16.1. The normalized spacial score (nSPS) is 31.8. The van der Waals surface area contributed by atoms with E-state index in [1.54, 1.807) is 0 Å². The van der Waals surface area contributed by atoms with E-state index in [0.717, 1.165) is 24.0 Å². The summed E-state index contributed by atoms with van der Waals surface area (Å²) in [6, 6.07) is 5.64. The van der Waals surface area contributed by atoms with Crippen molar-refractivity contribution in [3.63, 3.8) is 0 Å². The van der Waals surface area contributed by atoms with Gasteiger partial charge in [-0.15, -0.1) is 0 Å². The molecule has 5 atom stereocenters. The third-order valence-corrected chi connectivity index (χ3v) is 5.98. The Bertz CT molecular complexity index is 756. The molecule has 2 aliphatic carbocycles. The number of benzene rings is 1. The molecule has 0 unspecified atom stereocenters. The molecular formula is C19H21NO5. The number of carbonyl (C=O) groups is 3. The second-order valence-corrected chi connectivity index (χ2v) is 7.33. The van der Waals surface area contributed by atoms with E-state index < -0.39 is 11.9 Å². The van der Waals surface area contributed by atoms with Gasteiger partial charge >= 0.3 is 11.9 Å². The molecule has 6 heteroatoms. The fourth-order valence-corrected chi connectivity index (χ4v) is 4.63. The Morgan fingerprint density at radius 2 is 2.08 bits per heavy atom. The van der Waals surface area contributed by atoms with Crippen LogP contribution in [0.25, 0.3) is 0 Å². The van der Waals surface area contributed by atoms with Gasteiger partial charge in [0, 0.05) is 11.6 Å². The van der Waals surface area contributed by atoms with Gasteiger partial charge in [0.1, 0.15) is 6.10 Å². The predicted octanol–water partition coefficient (Wildman–Crippen LogP) is 1.98. The van der Waals surface area contributed by atoms with Gasteiger partial charge in [-0.3, -0.25) is 14.4 Å². The van der Waals surface area contributed by atoms with E-state index in [-0.39, 0.29) is 42.3 Å². The quantitative estimate of drug-likeness (QED) is 0.846. The van der Waals surface area contributed by atoms with Crippen LogP contribution in [-0.2, 0) is 23.9 Å². The topological polar surface area (TPSA) is 81.7 Å². The van der Waals surface area contributed by atoms with Crippen molar-refractivity contribution in [2.75, 3.05) is 11.9 Å². The minimum Gasteiger partial charge on any atom is -0.462 e. The standard InChI is InChI=1S/C19H21NO5/c1-9-4-3-5-13(10(9)2)20-15(21)8-24-18(22)16-11-6-12-14(7-11)25-19(23)17(12)16/h3-5,11-12,14,16-17H,6-8H2,1-2H3,(H,20,21)/t11-,12-,14+,16-,17-/m0/s1. The van der Waals surface area contributed by atoms with Crippen LogP contribution in [0.2, 0.25) is 0 Å². The maximum Gasteiger partial charge on any atom is 0.310 e. The SMILES string of the molecule is Cc1cccc(NC(=O)COC(=O)[C@H]2[C@H]3C[C@@H]4[C@@H]2C(=O)O[C@@H]4C3)c1C. The molecule has 3 aliphatic rings. The van der Waals surface area contributed by atoms with Crippen LogP contribution in [0.3, 0.4) is 0 Å². The first-order chi connectivity index (χ1) is 12.0. The minimum atomic E-state index is -0.454. The van der Waals surface area contributed by atoms with E-state index >= 15 is 0 Å². The van der Waals surface area contributed by atoms with Gasteiger partial charge in [0.2, 0.25) is 0 Å². The molecule has 2 saturated carbocycles. The second kappa shape index (κ2) is 5.86. The molecule has 2 bridgehead atoms. The molecule has 1 aromatic rings. The Kier molecular flexibility index (Phi) is 3.78. The Balaban J connectivity index is 1.35. The molecule has 3 fully saturated rings. The number of amides is 1. The number of nitrogens with one attached hydrogen (secondary N) is 1. The van der Waals surface area contributed by atoms with Crippen LogP contribution in [-0.4, -0.2) is 30.6 Å². The number of carbonyl (C=O) groups excluding carboxylic acids is 3. The highest BCUT2D eigenvalue weighted by molar-refractivity contribution is 5.94. The summed E-state index contributed by atoms with van der Waals surface area (Å²) >= 11 is 0. The van der Waals surface area contributed by atoms with E-state index in [9.17, 15) is 14.4 Å². The number of fused-ring (bicyclic) bond motifs is 1. The molecule has 1 N–H and O–H groups in total. The lowest BCUT2D eigenvalue weighted by Crippen LogP contribution is -2.35. The van der Waals surface area contributed by atoms with Gasteiger partial charge in [-0.1, -0.05) is 12.1 Å². The van der Waals surface area contributed by atoms with E-state index in [1.165, 1.54) is 0 Å². The van der Waals surface area contributed by atoms with Crippen LogP contribution in [0.4, 0.5) is 5.69 Å². The second-order valence-electron chi connectivity index (χ2n) is 7.33. The fraction of sp³-hybridized carbons (Fsp3) is 0.526. The largest absolute Gasteiger partial charge is 0.462 e. The van der Waals surface area contributed by atoms with Gasteiger partial charge in [0.15, 0.2) is 6.61 Å². The molecule has 1 heterocycles. The van der Waals surface area contributed by atoms with Gasteiger partial charge in [0.05, 0.1) is 11.8 Å². The Hall–Kier alpha value is -2.37. The Morgan fingerprint density at radius 3 is 2.88 bits per heavy atom. The van der Waals surface area contributed by atoms with Crippen LogP contribution < -0.4 is 5.32 Å². The van der Waals surface area contributed by atoms with Gasteiger partial charge in [0.25, 0.3) is 5.91 Å². The third kappa shape index (κ3) is 2.60. The molecule has 0 spiro atoms. The van der Waals surface area contributed by atoms with Crippen LogP contribution >= 0.6 is 0 Å². The molecular weight excluding hydrogens is 322 g/mol. The zero-order valence-corrected chi connectivity index (χ0v) is 14.3. The molecule has 1 saturated heterocycles. The molecule has 0 radical (unpaired) electrons. The summed E-state index contributed by atoms with van der Waals surface area (Å²) < 4.78 is 10.5. The van der Waals surface area contributed by atoms with Crippen molar-refractivity contribution in [3.05, 3.63) is 29.3 Å². The zero-order chi connectivity index (χ0) is 17.7. The maximum atomic E-state index is 12.4. The summed E-state index contributed by atoms with van der Waals surface area (Å²) in [5.41, 5.74) is 2.77. The van der Waals surface area contributed by atoms with Crippen LogP contribution in [0, 0.1) is 37.5 Å². The lowest BCUT2D eigenvalue weighted by Gasteiger charge is -2.22. The van der Waals surface area contributed by atoms with Crippen LogP contribution in [0.1, 0.15) is 24.0 Å². The summed E-state index contributed by atoms with van der Waals surface area (Å²) in [5, 5.41) is 2.77. The van der Waals surface area contributed by atoms with Crippen molar-refractivity contribution >= 4 is 23.5 Å². The smallest absolute Gasteiger partial charge is 0.310 e. The summed E-state index contributed by atoms with van der Waals surface area (Å²) in [6.07, 6.45) is 1.57. The molecule has 1 aliphatic heterocycles. The molecule has 4 rings (SSSR count). The summed E-state index contributed by atoms with van der Waals surface area (Å²) in [7, 11) is 0. The van der Waals surface area contributed by atoms with Crippen molar-refractivity contribution in [2.45, 2.75) is 32.8 Å². The first-order valence-electron chi connectivity index (χ1n) is 8.69. The fourth-order valence-electron chi connectivity index (χ4n) is 4.63. The molecule has 25 heavy (non-hydrogen) atoms. The molecule has 6 nitrogen and oxygen atoms in total. The van der Waals surface area contributed by atoms with E-state index in [4.69, 9.17) is 9.47 Å². The number of ether oxygens (including phenoxy) is 2. The van der Waals surface area contributed by atoms with E-state index in [2.05, 4.69) is 5.32 Å². The number of esters is 2. The van der Waals surface area contributed by atoms with E-state index in [0.29, 0.717) is 5.69 Å². The van der Waals surface area contributed by atoms with Crippen LogP contribution in [0.5, 0.6) is 0 Å². The highest BCUT2D eigenvalue weighted by Crippen LogP contribution is 2.57. The predicted molar refractivity (Wildman–Crippen MR) is 88.6 cm³/mol. The van der Waals surface area contributed by atoms with Crippen LogP contribution in [0.15, 0.2) is 18.2 Å². The summed E-state index contributed by atoms with van der Waals surface area (Å²) in [5.74, 6) is -1.65. The van der Waals surface area contributed by atoms with E-state index in [1.807, 2.05) is 32.0 Å². The average molecular weight is 343 g/mol. The number of rotatable bonds is 4. The average Bonchev–Trinajstić information content (AvgIpc) is 3.19. The highest BCUT2D eigenvalue weighted by atomic mass is 16.6. The monoisotopic (exact) mass is 343 g/mol. The first-order valence-corrected chi connectivity index (χ1v) is 8.69. The molecule has 0 aromatic heterocycles. The Labute approximate surface area is 145 Å². The van der Waals surface area contributed by atoms with Gasteiger partial charge < -0.3 is 14.8 Å².